The zero-order valence-electron chi connectivity index (χ0n) is 16.5. The summed E-state index contributed by atoms with van der Waals surface area (Å²) in [5.41, 5.74) is 5.14. The molecule has 2 heterocycles. The Morgan fingerprint density at radius 1 is 0.967 bits per heavy atom. The lowest BCUT2D eigenvalue weighted by atomic mass is 10.1. The molecule has 0 saturated carbocycles. The van der Waals surface area contributed by atoms with Crippen molar-refractivity contribution in [1.82, 2.24) is 0 Å². The van der Waals surface area contributed by atoms with Gasteiger partial charge >= 0.3 is 0 Å². The van der Waals surface area contributed by atoms with Crippen LogP contribution in [0.4, 0.5) is 11.4 Å². The van der Waals surface area contributed by atoms with Gasteiger partial charge in [-0.3, -0.25) is 9.59 Å². The van der Waals surface area contributed by atoms with E-state index in [1.807, 2.05) is 43.3 Å². The van der Waals surface area contributed by atoms with Crippen molar-refractivity contribution in [3.63, 3.8) is 0 Å². The molecule has 3 aromatic carbocycles. The molecule has 1 N–H and O–H groups in total. The second-order valence-corrected chi connectivity index (χ2v) is 7.52. The number of furan rings is 1. The van der Waals surface area contributed by atoms with Crippen molar-refractivity contribution in [2.24, 2.45) is 0 Å². The number of benzene rings is 3. The molecular weight excluding hydrogens is 376 g/mol. The summed E-state index contributed by atoms with van der Waals surface area (Å²) in [6.07, 6.45) is 0.868. The molecular formula is C25H20N2O3. The minimum atomic E-state index is -0.323. The molecule has 5 nitrogen and oxygen atoms in total. The Morgan fingerprint density at radius 2 is 1.77 bits per heavy atom. The third-order valence-corrected chi connectivity index (χ3v) is 5.42. The fourth-order valence-corrected chi connectivity index (χ4v) is 3.87. The van der Waals surface area contributed by atoms with Crippen molar-refractivity contribution in [1.29, 1.82) is 0 Å². The molecule has 1 aliphatic rings. The van der Waals surface area contributed by atoms with Crippen molar-refractivity contribution in [2.75, 3.05) is 16.8 Å². The van der Waals surface area contributed by atoms with E-state index in [0.29, 0.717) is 23.4 Å². The second kappa shape index (κ2) is 7.19. The van der Waals surface area contributed by atoms with Crippen LogP contribution in [0.25, 0.3) is 11.0 Å². The van der Waals surface area contributed by atoms with E-state index in [1.54, 1.807) is 35.2 Å². The number of rotatable bonds is 3. The Bertz CT molecular complexity index is 1270. The van der Waals surface area contributed by atoms with Crippen molar-refractivity contribution < 1.29 is 14.0 Å². The van der Waals surface area contributed by atoms with Gasteiger partial charge in [-0.1, -0.05) is 29.8 Å². The van der Waals surface area contributed by atoms with Crippen molar-refractivity contribution >= 4 is 34.2 Å². The molecule has 148 valence electrons. The van der Waals surface area contributed by atoms with Gasteiger partial charge < -0.3 is 14.6 Å². The molecule has 1 aliphatic heterocycles. The van der Waals surface area contributed by atoms with Gasteiger partial charge in [0, 0.05) is 28.9 Å². The van der Waals surface area contributed by atoms with Crippen LogP contribution in [0, 0.1) is 6.92 Å². The zero-order chi connectivity index (χ0) is 20.7. The molecule has 0 spiro atoms. The molecule has 5 rings (SSSR count). The van der Waals surface area contributed by atoms with Gasteiger partial charge in [0.1, 0.15) is 5.58 Å². The van der Waals surface area contributed by atoms with Crippen LogP contribution < -0.4 is 10.2 Å². The van der Waals surface area contributed by atoms with Gasteiger partial charge in [-0.15, -0.1) is 0 Å². The van der Waals surface area contributed by atoms with Crippen LogP contribution in [0.1, 0.15) is 32.0 Å². The number of carbonyl (C=O) groups is 2. The average Bonchev–Trinajstić information content (AvgIpc) is 3.38. The lowest BCUT2D eigenvalue weighted by molar-refractivity contribution is 0.0986. The Labute approximate surface area is 173 Å². The number of anilines is 2. The number of nitrogens with zero attached hydrogens (tertiary/aromatic N) is 1. The highest BCUT2D eigenvalue weighted by Gasteiger charge is 2.25. The molecule has 0 fully saturated rings. The first kappa shape index (κ1) is 18.2. The number of carbonyl (C=O) groups excluding carboxylic acids is 2. The zero-order valence-corrected chi connectivity index (χ0v) is 16.5. The van der Waals surface area contributed by atoms with E-state index >= 15 is 0 Å². The maximum Gasteiger partial charge on any atom is 0.291 e. The van der Waals surface area contributed by atoms with E-state index in [2.05, 4.69) is 11.4 Å². The van der Waals surface area contributed by atoms with Gasteiger partial charge in [0.05, 0.1) is 0 Å². The average molecular weight is 396 g/mol. The van der Waals surface area contributed by atoms with Gasteiger partial charge in [0.2, 0.25) is 0 Å². The Morgan fingerprint density at radius 3 is 2.60 bits per heavy atom. The molecule has 1 aromatic heterocycles. The quantitative estimate of drug-likeness (QED) is 0.518. The summed E-state index contributed by atoms with van der Waals surface area (Å²) in [7, 11) is 0. The monoisotopic (exact) mass is 396 g/mol. The maximum atomic E-state index is 12.9. The lowest BCUT2D eigenvalue weighted by Gasteiger charge is -2.17. The van der Waals surface area contributed by atoms with E-state index in [-0.39, 0.29) is 17.6 Å². The molecule has 0 radical (unpaired) electrons. The van der Waals surface area contributed by atoms with Crippen LogP contribution in [0.3, 0.4) is 0 Å². The summed E-state index contributed by atoms with van der Waals surface area (Å²) in [6, 6.07) is 22.4. The Kier molecular flexibility index (Phi) is 4.36. The molecule has 4 aromatic rings. The van der Waals surface area contributed by atoms with E-state index in [9.17, 15) is 9.59 Å². The molecule has 0 unspecified atom stereocenters. The van der Waals surface area contributed by atoms with E-state index in [4.69, 9.17) is 4.42 Å². The Hall–Kier alpha value is -3.86. The van der Waals surface area contributed by atoms with Crippen LogP contribution in [-0.4, -0.2) is 18.4 Å². The molecule has 2 amide bonds. The summed E-state index contributed by atoms with van der Waals surface area (Å²) < 4.78 is 5.65. The minimum Gasteiger partial charge on any atom is -0.451 e. The lowest BCUT2D eigenvalue weighted by Crippen LogP contribution is -2.28. The van der Waals surface area contributed by atoms with Crippen LogP contribution in [-0.2, 0) is 6.42 Å². The summed E-state index contributed by atoms with van der Waals surface area (Å²) in [5, 5.41) is 3.72. The minimum absolute atomic E-state index is 0.0366. The number of hydrogen-bond donors (Lipinski definition) is 1. The first-order chi connectivity index (χ1) is 14.6. The number of amides is 2. The smallest absolute Gasteiger partial charge is 0.291 e. The van der Waals surface area contributed by atoms with Crippen molar-refractivity contribution in [3.05, 3.63) is 95.2 Å². The number of hydrogen-bond acceptors (Lipinski definition) is 3. The molecule has 0 bridgehead atoms. The van der Waals surface area contributed by atoms with Gasteiger partial charge in [-0.25, -0.2) is 0 Å². The first-order valence-corrected chi connectivity index (χ1v) is 9.90. The van der Waals surface area contributed by atoms with E-state index in [0.717, 1.165) is 23.1 Å². The standard InChI is InChI=1S/C25H20N2O3/c1-16-6-11-22-19(14-16)15-23(30-22)24(28)26-20-9-7-18(8-10-20)25(29)27-13-12-17-4-2-3-5-21(17)27/h2-11,14-15H,12-13H2,1H3,(H,26,28). The number of fused-ring (bicyclic) bond motifs is 2. The number of nitrogens with one attached hydrogen (secondary N) is 1. The van der Waals surface area contributed by atoms with E-state index < -0.39 is 0 Å². The molecule has 5 heteroatoms. The maximum absolute atomic E-state index is 12.9. The topological polar surface area (TPSA) is 62.6 Å². The number of para-hydroxylation sites is 1. The Balaban J connectivity index is 1.31. The summed E-state index contributed by atoms with van der Waals surface area (Å²) in [6.45, 7) is 2.68. The van der Waals surface area contributed by atoms with Crippen molar-refractivity contribution in [3.8, 4) is 0 Å². The summed E-state index contributed by atoms with van der Waals surface area (Å²) in [4.78, 5) is 27.3. The highest BCUT2D eigenvalue weighted by atomic mass is 16.3. The van der Waals surface area contributed by atoms with Gasteiger partial charge in [-0.2, -0.15) is 0 Å². The van der Waals surface area contributed by atoms with Crippen molar-refractivity contribution in [2.45, 2.75) is 13.3 Å². The largest absolute Gasteiger partial charge is 0.451 e. The molecule has 30 heavy (non-hydrogen) atoms. The summed E-state index contributed by atoms with van der Waals surface area (Å²) >= 11 is 0. The van der Waals surface area contributed by atoms with Gasteiger partial charge in [0.25, 0.3) is 11.8 Å². The van der Waals surface area contributed by atoms with Crippen LogP contribution >= 0.6 is 0 Å². The highest BCUT2D eigenvalue weighted by molar-refractivity contribution is 6.08. The third kappa shape index (κ3) is 3.24. The normalized spacial score (nSPS) is 12.8. The highest BCUT2D eigenvalue weighted by Crippen LogP contribution is 2.29. The third-order valence-electron chi connectivity index (χ3n) is 5.42. The van der Waals surface area contributed by atoms with Crippen LogP contribution in [0.15, 0.2) is 77.2 Å². The SMILES string of the molecule is Cc1ccc2oc(C(=O)Nc3ccc(C(=O)N4CCc5ccccc54)cc3)cc2c1. The van der Waals surface area contributed by atoms with E-state index in [1.165, 1.54) is 5.56 Å². The van der Waals surface area contributed by atoms with Gasteiger partial charge in [0.15, 0.2) is 5.76 Å². The molecule has 0 atom stereocenters. The predicted octanol–water partition coefficient (Wildman–Crippen LogP) is 5.20. The van der Waals surface area contributed by atoms with Crippen LogP contribution in [0.2, 0.25) is 0 Å². The van der Waals surface area contributed by atoms with Gasteiger partial charge in [-0.05, 0) is 67.4 Å². The number of aryl methyl sites for hydroxylation is 1. The molecule has 0 saturated heterocycles. The predicted molar refractivity (Wildman–Crippen MR) is 117 cm³/mol. The fraction of sp³-hybridized carbons (Fsp3) is 0.120. The molecule has 0 aliphatic carbocycles. The first-order valence-electron chi connectivity index (χ1n) is 9.90. The van der Waals surface area contributed by atoms with Crippen LogP contribution in [0.5, 0.6) is 0 Å². The second-order valence-electron chi connectivity index (χ2n) is 7.52. The fourth-order valence-electron chi connectivity index (χ4n) is 3.87. The summed E-state index contributed by atoms with van der Waals surface area (Å²) in [5.74, 6) is -0.105.